The molecule has 0 bridgehead atoms. The van der Waals surface area contributed by atoms with E-state index >= 15 is 0 Å². The molecule has 92 valence electrons. The van der Waals surface area contributed by atoms with Crippen LogP contribution < -0.4 is 0 Å². The van der Waals surface area contributed by atoms with Crippen molar-refractivity contribution in [3.05, 3.63) is 17.5 Å². The summed E-state index contributed by atoms with van der Waals surface area (Å²) >= 11 is 0. The van der Waals surface area contributed by atoms with Crippen LogP contribution in [-0.2, 0) is 19.1 Å². The van der Waals surface area contributed by atoms with E-state index in [1.165, 1.54) is 6.92 Å². The number of halogens is 6. The molecule has 1 rings (SSSR count). The monoisotopic (exact) mass is 246 g/mol. The molecule has 0 radical (unpaired) electrons. The summed E-state index contributed by atoms with van der Waals surface area (Å²) in [6.45, 7) is -0.0970. The molecule has 0 aliphatic rings. The van der Waals surface area contributed by atoms with E-state index in [0.29, 0.717) is 0 Å². The van der Waals surface area contributed by atoms with Crippen LogP contribution in [0.1, 0.15) is 18.2 Å². The molecule has 16 heavy (non-hydrogen) atoms. The zero-order valence-corrected chi connectivity index (χ0v) is 8.15. The van der Waals surface area contributed by atoms with Crippen molar-refractivity contribution in [2.24, 2.45) is 0 Å². The third kappa shape index (κ3) is 3.14. The number of alkyl halides is 6. The fourth-order valence-corrected chi connectivity index (χ4v) is 1.22. The van der Waals surface area contributed by atoms with Crippen LogP contribution in [0, 0.1) is 0 Å². The van der Waals surface area contributed by atoms with Crippen molar-refractivity contribution in [1.82, 2.24) is 9.78 Å². The highest BCUT2D eigenvalue weighted by Gasteiger charge is 2.38. The average molecular weight is 246 g/mol. The summed E-state index contributed by atoms with van der Waals surface area (Å²) in [4.78, 5) is 0. The second-order valence-corrected chi connectivity index (χ2v) is 3.17. The van der Waals surface area contributed by atoms with Crippen molar-refractivity contribution in [3.8, 4) is 0 Å². The zero-order valence-electron chi connectivity index (χ0n) is 8.15. The van der Waals surface area contributed by atoms with Gasteiger partial charge in [0.05, 0.1) is 0 Å². The molecule has 0 N–H and O–H groups in total. The molecule has 0 saturated carbocycles. The Balaban J connectivity index is 3.04. The van der Waals surface area contributed by atoms with E-state index in [-0.39, 0.29) is 16.7 Å². The third-order valence-corrected chi connectivity index (χ3v) is 1.83. The quantitative estimate of drug-likeness (QED) is 0.733. The average Bonchev–Trinajstić information content (AvgIpc) is 2.43. The van der Waals surface area contributed by atoms with Crippen molar-refractivity contribution in [2.45, 2.75) is 32.2 Å². The minimum atomic E-state index is -4.72. The summed E-state index contributed by atoms with van der Waals surface area (Å²) in [5.41, 5.74) is -1.49. The van der Waals surface area contributed by atoms with Gasteiger partial charge in [-0.3, -0.25) is 4.68 Å². The molecule has 0 amide bonds. The van der Waals surface area contributed by atoms with Crippen molar-refractivity contribution in [2.75, 3.05) is 0 Å². The molecule has 1 heterocycles. The molecule has 0 aromatic carbocycles. The standard InChI is InChI=1S/C8H8F6N2/c1-2-5-3-16(4-7(9,10)11)15-6(5)8(12,13)14/h3H,2,4H2,1H3. The number of nitrogens with zero attached hydrogens (tertiary/aromatic N) is 2. The predicted octanol–water partition coefficient (Wildman–Crippen LogP) is 3.03. The topological polar surface area (TPSA) is 17.8 Å². The first kappa shape index (κ1) is 12.9. The van der Waals surface area contributed by atoms with E-state index in [1.54, 1.807) is 0 Å². The van der Waals surface area contributed by atoms with Gasteiger partial charge in [0.25, 0.3) is 0 Å². The maximum atomic E-state index is 12.3. The van der Waals surface area contributed by atoms with Gasteiger partial charge in [-0.1, -0.05) is 6.92 Å². The van der Waals surface area contributed by atoms with Crippen LogP contribution in [0.5, 0.6) is 0 Å². The Morgan fingerprint density at radius 1 is 1.19 bits per heavy atom. The number of rotatable bonds is 2. The van der Waals surface area contributed by atoms with Gasteiger partial charge in [0.15, 0.2) is 5.69 Å². The SMILES string of the molecule is CCc1cn(CC(F)(F)F)nc1C(F)(F)F. The van der Waals surface area contributed by atoms with Gasteiger partial charge in [-0.2, -0.15) is 31.4 Å². The van der Waals surface area contributed by atoms with Crippen LogP contribution in [0.15, 0.2) is 6.20 Å². The fraction of sp³-hybridized carbons (Fsp3) is 0.625. The highest BCUT2D eigenvalue weighted by molar-refractivity contribution is 5.19. The largest absolute Gasteiger partial charge is 0.435 e. The van der Waals surface area contributed by atoms with Gasteiger partial charge in [0.1, 0.15) is 6.54 Å². The maximum absolute atomic E-state index is 12.3. The lowest BCUT2D eigenvalue weighted by Gasteiger charge is -2.06. The molecule has 1 aromatic rings. The van der Waals surface area contributed by atoms with E-state index in [9.17, 15) is 26.3 Å². The highest BCUT2D eigenvalue weighted by atomic mass is 19.4. The van der Waals surface area contributed by atoms with Gasteiger partial charge in [-0.25, -0.2) is 0 Å². The van der Waals surface area contributed by atoms with Crippen molar-refractivity contribution in [3.63, 3.8) is 0 Å². The molecular formula is C8H8F6N2. The molecule has 0 saturated heterocycles. The van der Waals surface area contributed by atoms with Crippen molar-refractivity contribution in [1.29, 1.82) is 0 Å². The molecule has 1 aromatic heterocycles. The minimum absolute atomic E-state index is 0.0211. The van der Waals surface area contributed by atoms with Gasteiger partial charge < -0.3 is 0 Å². The number of hydrogen-bond donors (Lipinski definition) is 0. The molecule has 0 aliphatic heterocycles. The Morgan fingerprint density at radius 2 is 1.75 bits per heavy atom. The highest BCUT2D eigenvalue weighted by Crippen LogP contribution is 2.31. The Bertz CT molecular complexity index is 362. The smallest absolute Gasteiger partial charge is 0.263 e. The Morgan fingerprint density at radius 3 is 2.06 bits per heavy atom. The van der Waals surface area contributed by atoms with Crippen LogP contribution in [0.25, 0.3) is 0 Å². The lowest BCUT2D eigenvalue weighted by atomic mass is 10.2. The summed E-state index contributed by atoms with van der Waals surface area (Å²) in [7, 11) is 0. The predicted molar refractivity (Wildman–Crippen MR) is 42.7 cm³/mol. The molecule has 0 aliphatic carbocycles. The van der Waals surface area contributed by atoms with Crippen LogP contribution in [-0.4, -0.2) is 16.0 Å². The van der Waals surface area contributed by atoms with E-state index < -0.39 is 24.6 Å². The van der Waals surface area contributed by atoms with E-state index in [4.69, 9.17) is 0 Å². The summed E-state index contributed by atoms with van der Waals surface area (Å²) in [6.07, 6.45) is -8.55. The minimum Gasteiger partial charge on any atom is -0.263 e. The molecule has 2 nitrogen and oxygen atoms in total. The van der Waals surface area contributed by atoms with Gasteiger partial charge in [-0.05, 0) is 6.42 Å². The van der Waals surface area contributed by atoms with E-state index in [1.807, 2.05) is 0 Å². The summed E-state index contributed by atoms with van der Waals surface area (Å²) < 4.78 is 73.1. The van der Waals surface area contributed by atoms with Crippen LogP contribution in [0.2, 0.25) is 0 Å². The third-order valence-electron chi connectivity index (χ3n) is 1.83. The van der Waals surface area contributed by atoms with Gasteiger partial charge >= 0.3 is 12.4 Å². The fourth-order valence-electron chi connectivity index (χ4n) is 1.22. The van der Waals surface area contributed by atoms with E-state index in [2.05, 4.69) is 5.10 Å². The van der Waals surface area contributed by atoms with Gasteiger partial charge in [0.2, 0.25) is 0 Å². The van der Waals surface area contributed by atoms with Crippen molar-refractivity contribution >= 4 is 0 Å². The van der Waals surface area contributed by atoms with Gasteiger partial charge in [-0.15, -0.1) is 0 Å². The van der Waals surface area contributed by atoms with Crippen LogP contribution in [0.3, 0.4) is 0 Å². The summed E-state index contributed by atoms with van der Waals surface area (Å²) in [5, 5.41) is 2.91. The Hall–Kier alpha value is -1.21. The number of hydrogen-bond acceptors (Lipinski definition) is 1. The molecule has 8 heteroatoms. The zero-order chi connectivity index (χ0) is 12.6. The normalized spacial score (nSPS) is 13.2. The maximum Gasteiger partial charge on any atom is 0.435 e. The second kappa shape index (κ2) is 3.99. The van der Waals surface area contributed by atoms with Crippen LogP contribution >= 0.6 is 0 Å². The van der Waals surface area contributed by atoms with Gasteiger partial charge in [0, 0.05) is 11.8 Å². The summed E-state index contributed by atoms with van der Waals surface area (Å²) in [5.74, 6) is 0. The first-order chi connectivity index (χ1) is 7.13. The summed E-state index contributed by atoms with van der Waals surface area (Å²) in [6, 6.07) is 0. The molecule has 0 unspecified atom stereocenters. The lowest BCUT2D eigenvalue weighted by molar-refractivity contribution is -0.149. The number of aryl methyl sites for hydroxylation is 1. The first-order valence-corrected chi connectivity index (χ1v) is 4.33. The molecule has 0 fully saturated rings. The van der Waals surface area contributed by atoms with Crippen molar-refractivity contribution < 1.29 is 26.3 Å². The molecular weight excluding hydrogens is 238 g/mol. The lowest BCUT2D eigenvalue weighted by Crippen LogP contribution is -2.18. The Labute approximate surface area is 86.9 Å². The second-order valence-electron chi connectivity index (χ2n) is 3.17. The van der Waals surface area contributed by atoms with E-state index in [0.717, 1.165) is 6.20 Å². The molecule has 0 spiro atoms. The first-order valence-electron chi connectivity index (χ1n) is 4.33. The van der Waals surface area contributed by atoms with Crippen LogP contribution in [0.4, 0.5) is 26.3 Å². The Kier molecular flexibility index (Phi) is 3.20. The number of aromatic nitrogens is 2. The molecule has 0 atom stereocenters.